The minimum absolute atomic E-state index is 0.143. The van der Waals surface area contributed by atoms with E-state index in [9.17, 15) is 10.1 Å². The maximum absolute atomic E-state index is 11.3. The molecule has 2 heterocycles. The summed E-state index contributed by atoms with van der Waals surface area (Å²) in [7, 11) is 3.17. The second-order valence-electron chi connectivity index (χ2n) is 6.72. The first kappa shape index (κ1) is 19.8. The van der Waals surface area contributed by atoms with Crippen molar-refractivity contribution >= 4 is 28.7 Å². The Balaban J connectivity index is 1.82. The Morgan fingerprint density at radius 1 is 1.16 bits per heavy atom. The Kier molecular flexibility index (Phi) is 5.20. The van der Waals surface area contributed by atoms with Gasteiger partial charge in [0.05, 0.1) is 19.9 Å². The van der Waals surface area contributed by atoms with Gasteiger partial charge in [-0.25, -0.2) is 9.50 Å². The topological polar surface area (TPSA) is 116 Å². The molecule has 0 aliphatic carbocycles. The number of rotatable bonds is 6. The molecular formula is C22H20N6O3. The average Bonchev–Trinajstić information content (AvgIpc) is 3.34. The fraction of sp³-hybridized carbons (Fsp3) is 0.136. The highest BCUT2D eigenvalue weighted by atomic mass is 16.5. The molecule has 4 rings (SSSR count). The number of benzene rings is 2. The van der Waals surface area contributed by atoms with Crippen molar-refractivity contribution in [2.45, 2.75) is 6.92 Å². The molecular weight excluding hydrogens is 396 g/mol. The zero-order valence-electron chi connectivity index (χ0n) is 17.2. The molecule has 0 bridgehead atoms. The number of aromatic nitrogens is 3. The van der Waals surface area contributed by atoms with E-state index in [0.717, 1.165) is 5.56 Å². The number of nitrogens with one attached hydrogen (secondary N) is 3. The molecule has 156 valence electrons. The van der Waals surface area contributed by atoms with Gasteiger partial charge in [-0.3, -0.25) is 9.89 Å². The number of hydrogen-bond donors (Lipinski definition) is 3. The van der Waals surface area contributed by atoms with E-state index in [4.69, 9.17) is 9.47 Å². The van der Waals surface area contributed by atoms with Crippen LogP contribution in [0.15, 0.2) is 48.7 Å². The smallest absolute Gasteiger partial charge is 0.221 e. The maximum Gasteiger partial charge on any atom is 0.221 e. The van der Waals surface area contributed by atoms with Gasteiger partial charge in [0.1, 0.15) is 28.8 Å². The summed E-state index contributed by atoms with van der Waals surface area (Å²) in [6.07, 6.45) is 1.60. The number of carbonyl (C=O) groups is 1. The summed E-state index contributed by atoms with van der Waals surface area (Å²) in [5.74, 6) is 1.75. The van der Waals surface area contributed by atoms with Gasteiger partial charge in [-0.05, 0) is 24.3 Å². The molecule has 1 amide bonds. The highest BCUT2D eigenvalue weighted by Crippen LogP contribution is 2.36. The van der Waals surface area contributed by atoms with Gasteiger partial charge in [-0.1, -0.05) is 12.1 Å². The lowest BCUT2D eigenvalue weighted by atomic mass is 10.1. The first-order valence-corrected chi connectivity index (χ1v) is 9.41. The van der Waals surface area contributed by atoms with Crippen LogP contribution in [0.3, 0.4) is 0 Å². The normalized spacial score (nSPS) is 10.5. The minimum Gasteiger partial charge on any atom is -0.497 e. The van der Waals surface area contributed by atoms with Crippen molar-refractivity contribution in [1.82, 2.24) is 14.6 Å². The number of hydrogen-bond acceptors (Lipinski definition) is 6. The van der Waals surface area contributed by atoms with Crippen molar-refractivity contribution in [2.75, 3.05) is 24.9 Å². The molecule has 0 aliphatic heterocycles. The Hall–Kier alpha value is -4.45. The predicted molar refractivity (Wildman–Crippen MR) is 117 cm³/mol. The monoisotopic (exact) mass is 416 g/mol. The number of imidazole rings is 1. The van der Waals surface area contributed by atoms with Crippen LogP contribution in [0.25, 0.3) is 16.9 Å². The molecule has 0 atom stereocenters. The number of ether oxygens (including phenoxy) is 2. The van der Waals surface area contributed by atoms with E-state index in [-0.39, 0.29) is 5.91 Å². The van der Waals surface area contributed by atoms with Gasteiger partial charge in [0.25, 0.3) is 0 Å². The third kappa shape index (κ3) is 3.74. The lowest BCUT2D eigenvalue weighted by Gasteiger charge is -2.13. The zero-order chi connectivity index (χ0) is 22.0. The Labute approximate surface area is 178 Å². The Morgan fingerprint density at radius 2 is 1.94 bits per heavy atom. The van der Waals surface area contributed by atoms with Gasteiger partial charge >= 0.3 is 0 Å². The standard InChI is InChI=1S/C22H20N6O3/c1-13(29)25-16-6-4-14(5-7-16)20-22(28-21(27-20)15(11-23)12-24-28)26-18-9-8-17(30-2)10-19(18)31-3/h4-10,12,24,26H,1-3H3,(H,25,29). The van der Waals surface area contributed by atoms with E-state index in [2.05, 4.69) is 26.8 Å². The summed E-state index contributed by atoms with van der Waals surface area (Å²) < 4.78 is 12.5. The van der Waals surface area contributed by atoms with Gasteiger partial charge in [0, 0.05) is 30.4 Å². The fourth-order valence-electron chi connectivity index (χ4n) is 3.26. The molecule has 2 aromatic carbocycles. The first-order valence-electron chi connectivity index (χ1n) is 9.41. The summed E-state index contributed by atoms with van der Waals surface area (Å²) >= 11 is 0. The number of methoxy groups -OCH3 is 2. The lowest BCUT2D eigenvalue weighted by Crippen LogP contribution is -2.05. The van der Waals surface area contributed by atoms with Crippen LogP contribution in [0.5, 0.6) is 11.5 Å². The fourth-order valence-corrected chi connectivity index (χ4v) is 3.26. The second-order valence-corrected chi connectivity index (χ2v) is 6.72. The van der Waals surface area contributed by atoms with Gasteiger partial charge < -0.3 is 20.1 Å². The molecule has 9 heteroatoms. The molecule has 4 aromatic rings. The molecule has 0 aliphatic rings. The molecule has 0 unspecified atom stereocenters. The molecule has 0 spiro atoms. The average molecular weight is 416 g/mol. The van der Waals surface area contributed by atoms with E-state index in [0.29, 0.717) is 45.6 Å². The molecule has 0 saturated carbocycles. The van der Waals surface area contributed by atoms with Crippen LogP contribution in [0.1, 0.15) is 12.5 Å². The summed E-state index contributed by atoms with van der Waals surface area (Å²) in [6, 6.07) is 14.9. The zero-order valence-corrected chi connectivity index (χ0v) is 17.2. The molecule has 9 nitrogen and oxygen atoms in total. The molecule has 3 N–H and O–H groups in total. The summed E-state index contributed by atoms with van der Waals surface area (Å²) in [5, 5.41) is 18.6. The van der Waals surface area contributed by atoms with Crippen LogP contribution in [0, 0.1) is 11.3 Å². The van der Waals surface area contributed by atoms with Crippen molar-refractivity contribution in [3.63, 3.8) is 0 Å². The molecule has 0 radical (unpaired) electrons. The first-order chi connectivity index (χ1) is 15.0. The van der Waals surface area contributed by atoms with Crippen LogP contribution >= 0.6 is 0 Å². The molecule has 0 saturated heterocycles. The number of nitrogens with zero attached hydrogens (tertiary/aromatic N) is 3. The Bertz CT molecular complexity index is 1300. The molecule has 2 aromatic heterocycles. The van der Waals surface area contributed by atoms with Crippen molar-refractivity contribution < 1.29 is 14.3 Å². The van der Waals surface area contributed by atoms with Gasteiger partial charge in [0.15, 0.2) is 11.5 Å². The van der Waals surface area contributed by atoms with E-state index in [1.807, 2.05) is 24.3 Å². The van der Waals surface area contributed by atoms with Gasteiger partial charge in [-0.2, -0.15) is 5.26 Å². The highest BCUT2D eigenvalue weighted by molar-refractivity contribution is 5.89. The highest BCUT2D eigenvalue weighted by Gasteiger charge is 2.19. The van der Waals surface area contributed by atoms with Gasteiger partial charge in [-0.15, -0.1) is 0 Å². The third-order valence-corrected chi connectivity index (χ3v) is 4.72. The summed E-state index contributed by atoms with van der Waals surface area (Å²) in [4.78, 5) is 16.0. The predicted octanol–water partition coefficient (Wildman–Crippen LogP) is 3.92. The number of amides is 1. The van der Waals surface area contributed by atoms with Crippen LogP contribution in [0.4, 0.5) is 17.2 Å². The second kappa shape index (κ2) is 8.12. The van der Waals surface area contributed by atoms with Crippen LogP contribution in [0.2, 0.25) is 0 Å². The maximum atomic E-state index is 11.3. The number of anilines is 3. The number of nitriles is 1. The van der Waals surface area contributed by atoms with Crippen molar-refractivity contribution in [3.8, 4) is 28.8 Å². The minimum atomic E-state index is -0.143. The van der Waals surface area contributed by atoms with Crippen LogP contribution in [-0.2, 0) is 4.79 Å². The lowest BCUT2D eigenvalue weighted by molar-refractivity contribution is -0.114. The van der Waals surface area contributed by atoms with E-state index in [1.165, 1.54) is 6.92 Å². The van der Waals surface area contributed by atoms with E-state index < -0.39 is 0 Å². The van der Waals surface area contributed by atoms with E-state index in [1.54, 1.807) is 43.1 Å². The number of fused-ring (bicyclic) bond motifs is 1. The number of carbonyl (C=O) groups excluding carboxylic acids is 1. The van der Waals surface area contributed by atoms with Crippen molar-refractivity contribution in [2.24, 2.45) is 0 Å². The van der Waals surface area contributed by atoms with Gasteiger partial charge in [0.2, 0.25) is 5.91 Å². The quantitative estimate of drug-likeness (QED) is 0.439. The summed E-state index contributed by atoms with van der Waals surface area (Å²) in [5.41, 5.74) is 3.75. The molecule has 31 heavy (non-hydrogen) atoms. The third-order valence-electron chi connectivity index (χ3n) is 4.72. The molecule has 0 fully saturated rings. The summed E-state index contributed by atoms with van der Waals surface area (Å²) in [6.45, 7) is 1.46. The van der Waals surface area contributed by atoms with Crippen LogP contribution in [-0.4, -0.2) is 34.7 Å². The van der Waals surface area contributed by atoms with Crippen molar-refractivity contribution in [1.29, 1.82) is 5.26 Å². The SMILES string of the molecule is COc1ccc(Nc2c(-c3ccc(NC(C)=O)cc3)nc3c(C#N)c[nH]n23)c(OC)c1. The van der Waals surface area contributed by atoms with E-state index >= 15 is 0 Å². The number of aromatic amines is 1. The van der Waals surface area contributed by atoms with Crippen molar-refractivity contribution in [3.05, 3.63) is 54.2 Å². The van der Waals surface area contributed by atoms with Crippen LogP contribution < -0.4 is 20.1 Å². The Morgan fingerprint density at radius 3 is 2.58 bits per heavy atom. The number of H-pyrrole nitrogens is 1. The largest absolute Gasteiger partial charge is 0.497 e.